The van der Waals surface area contributed by atoms with Crippen molar-refractivity contribution in [1.29, 1.82) is 0 Å². The Morgan fingerprint density at radius 3 is 2.94 bits per heavy atom. The first-order chi connectivity index (χ1) is 8.13. The quantitative estimate of drug-likeness (QED) is 0.753. The summed E-state index contributed by atoms with van der Waals surface area (Å²) in [6.45, 7) is 0. The van der Waals surface area contributed by atoms with Crippen LogP contribution in [0.5, 0.6) is 11.5 Å². The van der Waals surface area contributed by atoms with E-state index in [1.165, 1.54) is 18.9 Å². The van der Waals surface area contributed by atoms with Gasteiger partial charge in [0.25, 0.3) is 0 Å². The van der Waals surface area contributed by atoms with Crippen molar-refractivity contribution in [3.63, 3.8) is 0 Å². The normalized spacial score (nSPS) is 23.6. The Morgan fingerprint density at radius 1 is 1.59 bits per heavy atom. The van der Waals surface area contributed by atoms with E-state index < -0.39 is 12.0 Å². The summed E-state index contributed by atoms with van der Waals surface area (Å²) in [6.07, 6.45) is 0. The van der Waals surface area contributed by atoms with Gasteiger partial charge in [0.05, 0.1) is 12.5 Å². The van der Waals surface area contributed by atoms with Crippen LogP contribution < -0.4 is 10.1 Å². The zero-order valence-electron chi connectivity index (χ0n) is 9.21. The number of nitrogens with one attached hydrogen (secondary N) is 1. The number of carboxylic acids is 1. The average molecular weight is 255 g/mol. The molecule has 92 valence electrons. The zero-order valence-corrected chi connectivity index (χ0v) is 10.0. The molecular weight excluding hydrogens is 242 g/mol. The van der Waals surface area contributed by atoms with Gasteiger partial charge in [-0.15, -0.1) is 11.8 Å². The first-order valence-electron chi connectivity index (χ1n) is 5.10. The Balaban J connectivity index is 2.22. The lowest BCUT2D eigenvalue weighted by molar-refractivity contribution is -0.138. The summed E-state index contributed by atoms with van der Waals surface area (Å²) in [6, 6.07) is 4.61. The van der Waals surface area contributed by atoms with Crippen LogP contribution in [0.2, 0.25) is 0 Å². The lowest BCUT2D eigenvalue weighted by Gasteiger charge is -2.14. The fraction of sp³-hybridized carbons (Fsp3) is 0.364. The number of rotatable bonds is 3. The van der Waals surface area contributed by atoms with Crippen molar-refractivity contribution in [2.45, 2.75) is 11.4 Å². The predicted molar refractivity (Wildman–Crippen MR) is 64.4 cm³/mol. The van der Waals surface area contributed by atoms with Gasteiger partial charge in [-0.2, -0.15) is 0 Å². The molecule has 2 atom stereocenters. The molecule has 0 amide bonds. The highest BCUT2D eigenvalue weighted by Gasteiger charge is 2.32. The van der Waals surface area contributed by atoms with Gasteiger partial charge >= 0.3 is 5.97 Å². The molecule has 1 aliphatic rings. The zero-order chi connectivity index (χ0) is 12.4. The van der Waals surface area contributed by atoms with E-state index in [0.29, 0.717) is 17.1 Å². The number of benzene rings is 1. The maximum atomic E-state index is 10.8. The van der Waals surface area contributed by atoms with Crippen LogP contribution in [0.15, 0.2) is 18.2 Å². The summed E-state index contributed by atoms with van der Waals surface area (Å²) in [5.74, 6) is 0.0634. The monoisotopic (exact) mass is 255 g/mol. The second-order valence-corrected chi connectivity index (χ2v) is 4.81. The van der Waals surface area contributed by atoms with Gasteiger partial charge < -0.3 is 14.9 Å². The van der Waals surface area contributed by atoms with Crippen LogP contribution in [0.3, 0.4) is 0 Å². The minimum atomic E-state index is -0.873. The van der Waals surface area contributed by atoms with Crippen LogP contribution in [0.25, 0.3) is 0 Å². The van der Waals surface area contributed by atoms with E-state index in [0.717, 1.165) is 0 Å². The molecule has 3 N–H and O–H groups in total. The molecule has 6 heteroatoms. The van der Waals surface area contributed by atoms with Crippen LogP contribution in [0.1, 0.15) is 10.9 Å². The topological polar surface area (TPSA) is 78.8 Å². The molecule has 2 rings (SSSR count). The summed E-state index contributed by atoms with van der Waals surface area (Å²) in [4.78, 5) is 10.8. The minimum absolute atomic E-state index is 0.0611. The number of phenolic OH excluding ortho intramolecular Hbond substituents is 1. The predicted octanol–water partition coefficient (Wildman–Crippen LogP) is 1.19. The Bertz CT molecular complexity index is 437. The molecular formula is C11H13NO4S. The van der Waals surface area contributed by atoms with Crippen LogP contribution >= 0.6 is 11.8 Å². The maximum absolute atomic E-state index is 10.8. The lowest BCUT2D eigenvalue weighted by atomic mass is 10.1. The second kappa shape index (κ2) is 4.85. The van der Waals surface area contributed by atoms with E-state index >= 15 is 0 Å². The number of carbonyl (C=O) groups is 1. The first kappa shape index (κ1) is 12.1. The number of carboxylic acid groups (broad SMARTS) is 1. The highest BCUT2D eigenvalue weighted by molar-refractivity contribution is 7.99. The van der Waals surface area contributed by atoms with Crippen molar-refractivity contribution >= 4 is 17.7 Å². The molecule has 1 saturated heterocycles. The molecule has 0 aromatic heterocycles. The van der Waals surface area contributed by atoms with Gasteiger partial charge in [0.2, 0.25) is 0 Å². The van der Waals surface area contributed by atoms with Crippen molar-refractivity contribution in [1.82, 2.24) is 5.32 Å². The Kier molecular flexibility index (Phi) is 3.44. The van der Waals surface area contributed by atoms with Crippen molar-refractivity contribution in [3.05, 3.63) is 23.8 Å². The van der Waals surface area contributed by atoms with Crippen LogP contribution in [-0.4, -0.2) is 35.1 Å². The highest BCUT2D eigenvalue weighted by Crippen LogP contribution is 2.41. The van der Waals surface area contributed by atoms with Crippen molar-refractivity contribution in [2.24, 2.45) is 0 Å². The third-order valence-electron chi connectivity index (χ3n) is 2.61. The standard InChI is InChI=1S/C11H13NO4S/c1-16-8-4-2-3-6(9(8)13)10-12-7(5-17-10)11(14)15/h2-4,7,10,12-13H,5H2,1H3,(H,14,15)/t7-,10+/m1/s1. The van der Waals surface area contributed by atoms with E-state index in [2.05, 4.69) is 5.32 Å². The van der Waals surface area contributed by atoms with E-state index in [4.69, 9.17) is 9.84 Å². The van der Waals surface area contributed by atoms with Gasteiger partial charge in [0, 0.05) is 11.3 Å². The van der Waals surface area contributed by atoms with Gasteiger partial charge in [-0.3, -0.25) is 10.1 Å². The lowest BCUT2D eigenvalue weighted by Crippen LogP contribution is -2.33. The van der Waals surface area contributed by atoms with Crippen LogP contribution in [-0.2, 0) is 4.79 Å². The highest BCUT2D eigenvalue weighted by atomic mass is 32.2. The van der Waals surface area contributed by atoms with Gasteiger partial charge in [0.15, 0.2) is 11.5 Å². The molecule has 0 unspecified atom stereocenters. The smallest absolute Gasteiger partial charge is 0.321 e. The van der Waals surface area contributed by atoms with Crippen molar-refractivity contribution in [2.75, 3.05) is 12.9 Å². The molecule has 1 aliphatic heterocycles. The summed E-state index contributed by atoms with van der Waals surface area (Å²) in [7, 11) is 1.48. The average Bonchev–Trinajstić information content (AvgIpc) is 2.78. The molecule has 0 spiro atoms. The summed E-state index contributed by atoms with van der Waals surface area (Å²) < 4.78 is 5.02. The first-order valence-corrected chi connectivity index (χ1v) is 6.14. The second-order valence-electron chi connectivity index (χ2n) is 3.67. The van der Waals surface area contributed by atoms with E-state index in [9.17, 15) is 9.90 Å². The number of hydrogen-bond acceptors (Lipinski definition) is 5. The largest absolute Gasteiger partial charge is 0.504 e. The summed E-state index contributed by atoms with van der Waals surface area (Å²) in [5.41, 5.74) is 0.651. The van der Waals surface area contributed by atoms with Gasteiger partial charge in [-0.1, -0.05) is 12.1 Å². The number of thioether (sulfide) groups is 1. The molecule has 0 saturated carbocycles. The molecule has 0 radical (unpaired) electrons. The summed E-state index contributed by atoms with van der Waals surface area (Å²) in [5, 5.41) is 21.6. The third kappa shape index (κ3) is 2.32. The molecule has 5 nitrogen and oxygen atoms in total. The Morgan fingerprint density at radius 2 is 2.35 bits per heavy atom. The molecule has 17 heavy (non-hydrogen) atoms. The minimum Gasteiger partial charge on any atom is -0.504 e. The van der Waals surface area contributed by atoms with Crippen molar-refractivity contribution < 1.29 is 19.7 Å². The van der Waals surface area contributed by atoms with Crippen LogP contribution in [0.4, 0.5) is 0 Å². The van der Waals surface area contributed by atoms with Crippen LogP contribution in [0, 0.1) is 0 Å². The Hall–Kier alpha value is -1.40. The van der Waals surface area contributed by atoms with Gasteiger partial charge in [-0.25, -0.2) is 0 Å². The fourth-order valence-electron chi connectivity index (χ4n) is 1.71. The number of aromatic hydroxyl groups is 1. The van der Waals surface area contributed by atoms with Crippen molar-refractivity contribution in [3.8, 4) is 11.5 Å². The van der Waals surface area contributed by atoms with E-state index in [1.807, 2.05) is 0 Å². The third-order valence-corrected chi connectivity index (χ3v) is 3.86. The molecule has 0 bridgehead atoms. The SMILES string of the molecule is COc1cccc([C@H]2N[C@@H](C(=O)O)CS2)c1O. The number of phenols is 1. The van der Waals surface area contributed by atoms with E-state index in [-0.39, 0.29) is 11.1 Å². The number of aliphatic carboxylic acids is 1. The molecule has 1 aromatic carbocycles. The number of para-hydroxylation sites is 1. The molecule has 0 aliphatic carbocycles. The van der Waals surface area contributed by atoms with Gasteiger partial charge in [-0.05, 0) is 6.07 Å². The summed E-state index contributed by atoms with van der Waals surface area (Å²) >= 11 is 1.46. The maximum Gasteiger partial charge on any atom is 0.321 e. The molecule has 1 heterocycles. The molecule has 1 aromatic rings. The fourth-order valence-corrected chi connectivity index (χ4v) is 2.96. The Labute approximate surface area is 103 Å². The number of ether oxygens (including phenoxy) is 1. The number of methoxy groups -OCH3 is 1. The molecule has 1 fully saturated rings. The van der Waals surface area contributed by atoms with E-state index in [1.54, 1.807) is 18.2 Å². The number of hydrogen-bond donors (Lipinski definition) is 3. The van der Waals surface area contributed by atoms with Gasteiger partial charge in [0.1, 0.15) is 6.04 Å².